The lowest BCUT2D eigenvalue weighted by atomic mass is 10.0. The van der Waals surface area contributed by atoms with Crippen molar-refractivity contribution in [3.05, 3.63) is 82.4 Å². The summed E-state index contributed by atoms with van der Waals surface area (Å²) < 4.78 is 13.2. The number of fused-ring (bicyclic) bond motifs is 1. The van der Waals surface area contributed by atoms with Gasteiger partial charge in [0.25, 0.3) is 5.56 Å². The van der Waals surface area contributed by atoms with Crippen molar-refractivity contribution in [2.75, 3.05) is 14.2 Å². The number of ether oxygens (including phenoxy) is 2. The van der Waals surface area contributed by atoms with Gasteiger partial charge in [-0.1, -0.05) is 26.0 Å². The van der Waals surface area contributed by atoms with Gasteiger partial charge in [0.2, 0.25) is 0 Å². The normalized spacial score (nSPS) is 11.1. The van der Waals surface area contributed by atoms with Crippen LogP contribution in [-0.2, 0) is 4.74 Å². The van der Waals surface area contributed by atoms with Crippen molar-refractivity contribution >= 4 is 5.97 Å². The number of hydrogen-bond donors (Lipinski definition) is 0. The molecule has 4 rings (SSSR count). The van der Waals surface area contributed by atoms with Gasteiger partial charge in [-0.05, 0) is 47.9 Å². The van der Waals surface area contributed by atoms with Crippen LogP contribution in [0.2, 0.25) is 0 Å². The fourth-order valence-electron chi connectivity index (χ4n) is 3.44. The Bertz CT molecular complexity index is 1250. The van der Waals surface area contributed by atoms with Crippen LogP contribution in [0, 0.1) is 0 Å². The third kappa shape index (κ3) is 3.70. The summed E-state index contributed by atoms with van der Waals surface area (Å²) in [5.41, 5.74) is 3.12. The Labute approximate surface area is 179 Å². The molecule has 7 heteroatoms. The minimum Gasteiger partial charge on any atom is -0.497 e. The van der Waals surface area contributed by atoms with Gasteiger partial charge in [0.05, 0.1) is 25.5 Å². The highest BCUT2D eigenvalue weighted by molar-refractivity contribution is 5.96. The van der Waals surface area contributed by atoms with Gasteiger partial charge in [-0.3, -0.25) is 4.79 Å². The fourth-order valence-corrected chi connectivity index (χ4v) is 3.44. The van der Waals surface area contributed by atoms with Crippen LogP contribution in [0.1, 0.15) is 35.7 Å². The van der Waals surface area contributed by atoms with Crippen molar-refractivity contribution in [1.29, 1.82) is 0 Å². The van der Waals surface area contributed by atoms with E-state index in [0.29, 0.717) is 28.6 Å². The molecular weight excluding hydrogens is 394 g/mol. The van der Waals surface area contributed by atoms with E-state index in [-0.39, 0.29) is 11.1 Å². The van der Waals surface area contributed by atoms with Gasteiger partial charge in [-0.15, -0.1) is 0 Å². The molecule has 0 radical (unpaired) electrons. The summed E-state index contributed by atoms with van der Waals surface area (Å²) in [5, 5.41) is 4.43. The van der Waals surface area contributed by atoms with Gasteiger partial charge in [0.1, 0.15) is 17.0 Å². The second kappa shape index (κ2) is 8.10. The van der Waals surface area contributed by atoms with Gasteiger partial charge in [-0.2, -0.15) is 9.78 Å². The van der Waals surface area contributed by atoms with Crippen LogP contribution in [0.25, 0.3) is 22.6 Å². The first-order valence-electron chi connectivity index (χ1n) is 9.91. The van der Waals surface area contributed by atoms with E-state index in [1.807, 2.05) is 24.3 Å². The maximum absolute atomic E-state index is 13.2. The van der Waals surface area contributed by atoms with E-state index in [9.17, 15) is 9.59 Å². The Hall–Kier alpha value is -3.87. The van der Waals surface area contributed by atoms with Gasteiger partial charge in [0, 0.05) is 18.1 Å². The van der Waals surface area contributed by atoms with Crippen LogP contribution >= 0.6 is 0 Å². The molecule has 158 valence electrons. The van der Waals surface area contributed by atoms with Crippen LogP contribution in [0.3, 0.4) is 0 Å². The molecule has 2 aromatic carbocycles. The van der Waals surface area contributed by atoms with E-state index in [1.165, 1.54) is 17.4 Å². The maximum Gasteiger partial charge on any atom is 0.341 e. The SMILES string of the molecule is COC(=O)c1cn(-c2ccc(C(C)C)cc2)cc2c(=O)n(-c3ccc(OC)cc3)nc1-2. The van der Waals surface area contributed by atoms with E-state index in [2.05, 4.69) is 18.9 Å². The topological polar surface area (TPSA) is 75.3 Å². The van der Waals surface area contributed by atoms with Crippen molar-refractivity contribution in [3.63, 3.8) is 0 Å². The van der Waals surface area contributed by atoms with Crippen LogP contribution < -0.4 is 10.3 Å². The van der Waals surface area contributed by atoms with Crippen LogP contribution in [-0.4, -0.2) is 34.5 Å². The number of hydrogen-bond acceptors (Lipinski definition) is 5. The molecule has 0 unspecified atom stereocenters. The highest BCUT2D eigenvalue weighted by atomic mass is 16.5. The van der Waals surface area contributed by atoms with Gasteiger partial charge in [0.15, 0.2) is 0 Å². The quantitative estimate of drug-likeness (QED) is 0.458. The predicted molar refractivity (Wildman–Crippen MR) is 118 cm³/mol. The number of benzene rings is 2. The molecule has 2 aliphatic rings. The third-order valence-corrected chi connectivity index (χ3v) is 5.25. The van der Waals surface area contributed by atoms with E-state index in [0.717, 1.165) is 5.69 Å². The first-order valence-corrected chi connectivity index (χ1v) is 9.91. The summed E-state index contributed by atoms with van der Waals surface area (Å²) in [7, 11) is 2.88. The van der Waals surface area contributed by atoms with E-state index >= 15 is 0 Å². The molecule has 0 aliphatic carbocycles. The Kier molecular flexibility index (Phi) is 5.33. The Morgan fingerprint density at radius 2 is 1.58 bits per heavy atom. The second-order valence-corrected chi connectivity index (χ2v) is 7.49. The number of carbonyl (C=O) groups is 1. The minimum absolute atomic E-state index is 0.220. The number of esters is 1. The average Bonchev–Trinajstić information content (AvgIpc) is 3.14. The minimum atomic E-state index is -0.558. The largest absolute Gasteiger partial charge is 0.497 e. The first kappa shape index (κ1) is 20.4. The fraction of sp³-hybridized carbons (Fsp3) is 0.208. The summed E-state index contributed by atoms with van der Waals surface area (Å²) in [4.78, 5) is 25.7. The number of aromatic nitrogens is 3. The molecule has 7 nitrogen and oxygen atoms in total. The lowest BCUT2D eigenvalue weighted by Crippen LogP contribution is -2.15. The lowest BCUT2D eigenvalue weighted by Gasteiger charge is -2.13. The molecule has 31 heavy (non-hydrogen) atoms. The summed E-state index contributed by atoms with van der Waals surface area (Å²) in [6, 6.07) is 15.0. The van der Waals surface area contributed by atoms with Crippen molar-refractivity contribution in [2.24, 2.45) is 0 Å². The predicted octanol–water partition coefficient (Wildman–Crippen LogP) is 4.05. The first-order chi connectivity index (χ1) is 14.9. The number of nitrogens with zero attached hydrogens (tertiary/aromatic N) is 3. The molecule has 0 atom stereocenters. The number of pyridine rings is 1. The molecule has 0 amide bonds. The summed E-state index contributed by atoms with van der Waals surface area (Å²) in [6.07, 6.45) is 3.34. The Morgan fingerprint density at radius 1 is 0.935 bits per heavy atom. The average molecular weight is 417 g/mol. The highest BCUT2D eigenvalue weighted by Crippen LogP contribution is 2.26. The molecule has 2 aromatic rings. The van der Waals surface area contributed by atoms with Crippen molar-refractivity contribution in [1.82, 2.24) is 14.3 Å². The Morgan fingerprint density at radius 3 is 2.16 bits per heavy atom. The zero-order chi connectivity index (χ0) is 22.1. The van der Waals surface area contributed by atoms with Crippen molar-refractivity contribution in [2.45, 2.75) is 19.8 Å². The number of carbonyl (C=O) groups excluding carboxylic acids is 1. The molecule has 0 saturated carbocycles. The van der Waals surface area contributed by atoms with Crippen LogP contribution in [0.5, 0.6) is 5.75 Å². The maximum atomic E-state index is 13.2. The Balaban J connectivity index is 1.90. The van der Waals surface area contributed by atoms with Gasteiger partial charge >= 0.3 is 5.97 Å². The van der Waals surface area contributed by atoms with Gasteiger partial charge in [-0.25, -0.2) is 4.79 Å². The van der Waals surface area contributed by atoms with Crippen LogP contribution in [0.4, 0.5) is 0 Å². The molecule has 0 fully saturated rings. The molecule has 0 saturated heterocycles. The highest BCUT2D eigenvalue weighted by Gasteiger charge is 2.25. The molecule has 2 heterocycles. The zero-order valence-corrected chi connectivity index (χ0v) is 17.8. The molecule has 0 bridgehead atoms. The lowest BCUT2D eigenvalue weighted by molar-refractivity contribution is 0.0600. The molecule has 0 spiro atoms. The van der Waals surface area contributed by atoms with Crippen LogP contribution in [0.15, 0.2) is 65.7 Å². The monoisotopic (exact) mass is 417 g/mol. The third-order valence-electron chi connectivity index (χ3n) is 5.25. The smallest absolute Gasteiger partial charge is 0.341 e. The van der Waals surface area contributed by atoms with E-state index < -0.39 is 5.97 Å². The standard InChI is InChI=1S/C24H23N3O4/c1-15(2)16-5-7-17(8-6-16)26-13-20-22(21(14-26)24(29)31-4)25-27(23(20)28)18-9-11-19(30-3)12-10-18/h5-15H,1-4H3. The molecule has 0 aromatic heterocycles. The van der Waals surface area contributed by atoms with Crippen molar-refractivity contribution < 1.29 is 14.3 Å². The van der Waals surface area contributed by atoms with Gasteiger partial charge < -0.3 is 14.0 Å². The van der Waals surface area contributed by atoms with E-state index in [1.54, 1.807) is 48.3 Å². The van der Waals surface area contributed by atoms with Crippen molar-refractivity contribution in [3.8, 4) is 28.4 Å². The zero-order valence-electron chi connectivity index (χ0n) is 17.8. The summed E-state index contributed by atoms with van der Waals surface area (Å²) in [6.45, 7) is 4.25. The number of rotatable bonds is 5. The van der Waals surface area contributed by atoms with E-state index in [4.69, 9.17) is 9.47 Å². The second-order valence-electron chi connectivity index (χ2n) is 7.49. The molecule has 2 aliphatic heterocycles. The molecule has 0 N–H and O–H groups in total. The molecular formula is C24H23N3O4. The summed E-state index contributed by atoms with van der Waals surface area (Å²) >= 11 is 0. The summed E-state index contributed by atoms with van der Waals surface area (Å²) in [5.74, 6) is 0.520. The number of methoxy groups -OCH3 is 2.